The highest BCUT2D eigenvalue weighted by molar-refractivity contribution is 5.80. The third kappa shape index (κ3) is 6.10. The number of amides is 1. The molecule has 0 radical (unpaired) electrons. The highest BCUT2D eigenvalue weighted by Gasteiger charge is 2.13. The van der Waals surface area contributed by atoms with E-state index in [1.807, 2.05) is 63.2 Å². The van der Waals surface area contributed by atoms with Crippen molar-refractivity contribution < 1.29 is 18.7 Å². The number of rotatable bonds is 8. The summed E-state index contributed by atoms with van der Waals surface area (Å²) >= 11 is 0. The van der Waals surface area contributed by atoms with Crippen LogP contribution in [0.1, 0.15) is 33.0 Å². The molecule has 134 valence electrons. The third-order valence-electron chi connectivity index (χ3n) is 4.05. The number of hydrogen-bond donors (Lipinski definition) is 1. The van der Waals surface area contributed by atoms with Gasteiger partial charge in [-0.05, 0) is 25.0 Å². The van der Waals surface area contributed by atoms with E-state index in [9.17, 15) is 9.59 Å². The van der Waals surface area contributed by atoms with Crippen molar-refractivity contribution in [2.24, 2.45) is 5.92 Å². The number of nitrogens with one attached hydrogen (secondary N) is 1. The van der Waals surface area contributed by atoms with Crippen molar-refractivity contribution in [2.75, 3.05) is 6.61 Å². The summed E-state index contributed by atoms with van der Waals surface area (Å²) in [4.78, 5) is 23.5. The molecule has 0 fully saturated rings. The second kappa shape index (κ2) is 9.06. The van der Waals surface area contributed by atoms with Crippen LogP contribution in [0.5, 0.6) is 0 Å². The predicted octanol–water partition coefficient (Wildman–Crippen LogP) is 3.58. The molecule has 5 heteroatoms. The number of benzene rings is 1. The molecule has 0 saturated carbocycles. The van der Waals surface area contributed by atoms with Gasteiger partial charge >= 0.3 is 5.97 Å². The monoisotopic (exact) mass is 343 g/mol. The average molecular weight is 343 g/mol. The maximum absolute atomic E-state index is 11.8. The van der Waals surface area contributed by atoms with Crippen molar-refractivity contribution in [1.82, 2.24) is 5.32 Å². The van der Waals surface area contributed by atoms with Gasteiger partial charge in [0.25, 0.3) is 5.91 Å². The maximum Gasteiger partial charge on any atom is 0.306 e. The summed E-state index contributed by atoms with van der Waals surface area (Å²) in [7, 11) is 0. The molecule has 1 aromatic carbocycles. The lowest BCUT2D eigenvalue weighted by atomic mass is 10.1. The predicted molar refractivity (Wildman–Crippen MR) is 95.9 cm³/mol. The number of esters is 1. The van der Waals surface area contributed by atoms with E-state index in [1.54, 1.807) is 0 Å². The van der Waals surface area contributed by atoms with Crippen LogP contribution in [0.2, 0.25) is 0 Å². The molecule has 1 aromatic heterocycles. The van der Waals surface area contributed by atoms with Crippen LogP contribution in [-0.2, 0) is 20.7 Å². The zero-order valence-electron chi connectivity index (χ0n) is 15.0. The van der Waals surface area contributed by atoms with Crippen LogP contribution in [0.4, 0.5) is 0 Å². The number of furan rings is 1. The molecule has 5 nitrogen and oxygen atoms in total. The fourth-order valence-electron chi connectivity index (χ4n) is 2.18. The van der Waals surface area contributed by atoms with Gasteiger partial charge < -0.3 is 14.5 Å². The third-order valence-corrected chi connectivity index (χ3v) is 4.05. The van der Waals surface area contributed by atoms with E-state index in [2.05, 4.69) is 5.32 Å². The van der Waals surface area contributed by atoms with Crippen LogP contribution in [0.25, 0.3) is 11.3 Å². The van der Waals surface area contributed by atoms with Gasteiger partial charge in [0.05, 0.1) is 6.42 Å². The molecule has 25 heavy (non-hydrogen) atoms. The SMILES string of the molecule is CC(C)C(C)NC(=O)COC(=O)CCc1ccc(-c2ccccc2)o1. The van der Waals surface area contributed by atoms with Crippen molar-refractivity contribution >= 4 is 11.9 Å². The molecule has 0 bridgehead atoms. The summed E-state index contributed by atoms with van der Waals surface area (Å²) in [5.74, 6) is 1.13. The summed E-state index contributed by atoms with van der Waals surface area (Å²) < 4.78 is 10.7. The lowest BCUT2D eigenvalue weighted by molar-refractivity contribution is -0.148. The highest BCUT2D eigenvalue weighted by Crippen LogP contribution is 2.22. The van der Waals surface area contributed by atoms with Crippen molar-refractivity contribution in [3.63, 3.8) is 0 Å². The van der Waals surface area contributed by atoms with E-state index in [-0.39, 0.29) is 25.0 Å². The molecular formula is C20H25NO4. The number of carbonyl (C=O) groups excluding carboxylic acids is 2. The van der Waals surface area contributed by atoms with E-state index in [4.69, 9.17) is 9.15 Å². The van der Waals surface area contributed by atoms with Gasteiger partial charge in [-0.1, -0.05) is 44.2 Å². The van der Waals surface area contributed by atoms with Crippen LogP contribution in [-0.4, -0.2) is 24.5 Å². The fourth-order valence-corrected chi connectivity index (χ4v) is 2.18. The maximum atomic E-state index is 11.8. The van der Waals surface area contributed by atoms with Gasteiger partial charge in [0, 0.05) is 18.0 Å². The molecule has 1 heterocycles. The molecule has 0 aliphatic heterocycles. The molecule has 1 amide bonds. The van der Waals surface area contributed by atoms with Gasteiger partial charge in [0.1, 0.15) is 11.5 Å². The lowest BCUT2D eigenvalue weighted by Gasteiger charge is -2.17. The van der Waals surface area contributed by atoms with E-state index >= 15 is 0 Å². The minimum atomic E-state index is -0.412. The van der Waals surface area contributed by atoms with Crippen molar-refractivity contribution in [2.45, 2.75) is 39.7 Å². The Bertz CT molecular complexity index is 691. The Morgan fingerprint density at radius 1 is 1.08 bits per heavy atom. The number of aryl methyl sites for hydroxylation is 1. The Kier molecular flexibility index (Phi) is 6.81. The van der Waals surface area contributed by atoms with E-state index in [0.29, 0.717) is 18.1 Å². The Labute approximate surface area is 148 Å². The first-order valence-corrected chi connectivity index (χ1v) is 8.55. The second-order valence-corrected chi connectivity index (χ2v) is 6.39. The molecule has 1 unspecified atom stereocenters. The Hall–Kier alpha value is -2.56. The van der Waals surface area contributed by atoms with Gasteiger partial charge in [-0.3, -0.25) is 9.59 Å². The summed E-state index contributed by atoms with van der Waals surface area (Å²) in [5, 5.41) is 2.80. The van der Waals surface area contributed by atoms with Crippen LogP contribution < -0.4 is 5.32 Å². The van der Waals surface area contributed by atoms with Crippen LogP contribution >= 0.6 is 0 Å². The second-order valence-electron chi connectivity index (χ2n) is 6.39. The molecule has 2 rings (SSSR count). The van der Waals surface area contributed by atoms with Gasteiger partial charge in [-0.25, -0.2) is 0 Å². The molecule has 1 N–H and O–H groups in total. The van der Waals surface area contributed by atoms with Crippen molar-refractivity contribution in [1.29, 1.82) is 0 Å². The molecule has 1 atom stereocenters. The van der Waals surface area contributed by atoms with E-state index < -0.39 is 5.97 Å². The van der Waals surface area contributed by atoms with Crippen LogP contribution in [0, 0.1) is 5.92 Å². The largest absolute Gasteiger partial charge is 0.461 e. The molecule has 0 saturated heterocycles. The van der Waals surface area contributed by atoms with Crippen LogP contribution in [0.3, 0.4) is 0 Å². The normalized spacial score (nSPS) is 12.0. The standard InChI is InChI=1S/C20H25NO4/c1-14(2)15(3)21-19(22)13-24-20(23)12-10-17-9-11-18(25-17)16-7-5-4-6-8-16/h4-9,11,14-15H,10,12-13H2,1-3H3,(H,21,22). The van der Waals surface area contributed by atoms with Gasteiger partial charge in [-0.15, -0.1) is 0 Å². The topological polar surface area (TPSA) is 68.5 Å². The Morgan fingerprint density at radius 3 is 2.48 bits per heavy atom. The molecule has 2 aromatic rings. The van der Waals surface area contributed by atoms with Crippen molar-refractivity contribution in [3.05, 3.63) is 48.2 Å². The first kappa shape index (κ1) is 18.8. The summed E-state index contributed by atoms with van der Waals surface area (Å²) in [6, 6.07) is 13.6. The lowest BCUT2D eigenvalue weighted by Crippen LogP contribution is -2.38. The fraction of sp³-hybridized carbons (Fsp3) is 0.400. The average Bonchev–Trinajstić information content (AvgIpc) is 3.08. The number of ether oxygens (including phenoxy) is 1. The number of hydrogen-bond acceptors (Lipinski definition) is 4. The van der Waals surface area contributed by atoms with Crippen LogP contribution in [0.15, 0.2) is 46.9 Å². The zero-order valence-corrected chi connectivity index (χ0v) is 15.0. The van der Waals surface area contributed by atoms with E-state index in [1.165, 1.54) is 0 Å². The van der Waals surface area contributed by atoms with Gasteiger partial charge in [0.2, 0.25) is 0 Å². The minimum Gasteiger partial charge on any atom is -0.461 e. The molecule has 0 aliphatic rings. The summed E-state index contributed by atoms with van der Waals surface area (Å²) in [6.07, 6.45) is 0.616. The van der Waals surface area contributed by atoms with Gasteiger partial charge in [-0.2, -0.15) is 0 Å². The summed E-state index contributed by atoms with van der Waals surface area (Å²) in [5.41, 5.74) is 0.993. The Balaban J connectivity index is 1.73. The summed E-state index contributed by atoms with van der Waals surface area (Å²) in [6.45, 7) is 5.71. The zero-order chi connectivity index (χ0) is 18.2. The van der Waals surface area contributed by atoms with E-state index in [0.717, 1.165) is 11.3 Å². The van der Waals surface area contributed by atoms with Gasteiger partial charge in [0.15, 0.2) is 6.61 Å². The quantitative estimate of drug-likeness (QED) is 0.744. The first-order valence-electron chi connectivity index (χ1n) is 8.55. The highest BCUT2D eigenvalue weighted by atomic mass is 16.5. The Morgan fingerprint density at radius 2 is 1.80 bits per heavy atom. The molecule has 0 aliphatic carbocycles. The van der Waals surface area contributed by atoms with Crippen molar-refractivity contribution in [3.8, 4) is 11.3 Å². The number of carbonyl (C=O) groups is 2. The molecular weight excluding hydrogens is 318 g/mol. The minimum absolute atomic E-state index is 0.0470. The molecule has 0 spiro atoms. The first-order chi connectivity index (χ1) is 12.0. The smallest absolute Gasteiger partial charge is 0.306 e.